The Labute approximate surface area is 460 Å². The molecular weight excluding hydrogens is 930 g/mol. The van der Waals surface area contributed by atoms with Crippen LogP contribution in [0.4, 0.5) is 51.2 Å². The van der Waals surface area contributed by atoms with Crippen molar-refractivity contribution in [3.63, 3.8) is 0 Å². The summed E-state index contributed by atoms with van der Waals surface area (Å²) >= 11 is 0. The molecule has 0 unspecified atom stereocenters. The molecule has 0 aromatic heterocycles. The first-order valence-electron chi connectivity index (χ1n) is 28.0. The Kier molecular flexibility index (Phi) is 11.6. The molecule has 384 valence electrons. The third-order valence-electron chi connectivity index (χ3n) is 17.1. The molecule has 0 bridgehead atoms. The second-order valence-corrected chi connectivity index (χ2v) is 26.7. The molecule has 9 aromatic carbocycles. The lowest BCUT2D eigenvalue weighted by molar-refractivity contribution is 0.589. The Balaban J connectivity index is 1.20. The minimum absolute atomic E-state index is 0.00745. The largest absolute Gasteiger partial charge is 0.311 e. The van der Waals surface area contributed by atoms with Gasteiger partial charge in [0.25, 0.3) is 6.71 Å². The molecule has 0 fully saturated rings. The minimum Gasteiger partial charge on any atom is -0.311 e. The number of fused-ring (bicyclic) bond motifs is 7. The molecule has 12 rings (SSSR count). The van der Waals surface area contributed by atoms with Gasteiger partial charge in [-0.25, -0.2) is 0 Å². The Bertz CT molecular complexity index is 3760. The first-order valence-corrected chi connectivity index (χ1v) is 28.0. The molecule has 1 aliphatic carbocycles. The van der Waals surface area contributed by atoms with Crippen molar-refractivity contribution in [2.24, 2.45) is 0 Å². The zero-order valence-corrected chi connectivity index (χ0v) is 47.9. The van der Waals surface area contributed by atoms with Crippen molar-refractivity contribution < 1.29 is 0 Å². The van der Waals surface area contributed by atoms with Gasteiger partial charge in [-0.05, 0) is 149 Å². The van der Waals surface area contributed by atoms with Gasteiger partial charge in [-0.3, -0.25) is 0 Å². The fourth-order valence-corrected chi connectivity index (χ4v) is 12.7. The number of hydrogen-bond donors (Lipinski definition) is 0. The molecule has 4 heteroatoms. The summed E-state index contributed by atoms with van der Waals surface area (Å²) in [5.74, 6) is 0. The number of benzene rings is 9. The van der Waals surface area contributed by atoms with Crippen LogP contribution in [0, 0.1) is 0 Å². The second-order valence-electron chi connectivity index (χ2n) is 26.7. The molecule has 2 aliphatic heterocycles. The lowest BCUT2D eigenvalue weighted by Crippen LogP contribution is -2.61. The van der Waals surface area contributed by atoms with Gasteiger partial charge in [-0.1, -0.05) is 224 Å². The van der Waals surface area contributed by atoms with Crippen LogP contribution in [0.3, 0.4) is 0 Å². The number of hydrogen-bond acceptors (Lipinski definition) is 3. The summed E-state index contributed by atoms with van der Waals surface area (Å²) in [7, 11) is 0. The summed E-state index contributed by atoms with van der Waals surface area (Å²) in [5, 5.41) is 0. The summed E-state index contributed by atoms with van der Waals surface area (Å²) in [6.45, 7) is 32.7. The Morgan fingerprint density at radius 3 is 1.57 bits per heavy atom. The van der Waals surface area contributed by atoms with Crippen molar-refractivity contribution in [3.05, 3.63) is 228 Å². The van der Waals surface area contributed by atoms with Crippen LogP contribution in [0.2, 0.25) is 0 Å². The molecule has 0 saturated carbocycles. The van der Waals surface area contributed by atoms with Crippen molar-refractivity contribution in [2.45, 2.75) is 124 Å². The van der Waals surface area contributed by atoms with E-state index < -0.39 is 0 Å². The van der Waals surface area contributed by atoms with Gasteiger partial charge in [0.1, 0.15) is 0 Å². The summed E-state index contributed by atoms with van der Waals surface area (Å²) in [5.41, 5.74) is 27.1. The van der Waals surface area contributed by atoms with Crippen LogP contribution in [0.1, 0.15) is 130 Å². The molecule has 0 amide bonds. The van der Waals surface area contributed by atoms with E-state index in [-0.39, 0.29) is 33.8 Å². The summed E-state index contributed by atoms with van der Waals surface area (Å²) < 4.78 is 0. The van der Waals surface area contributed by atoms with Crippen LogP contribution >= 0.6 is 0 Å². The lowest BCUT2D eigenvalue weighted by Gasteiger charge is -2.46. The van der Waals surface area contributed by atoms with E-state index in [0.29, 0.717) is 0 Å². The molecule has 0 N–H and O–H groups in total. The predicted molar refractivity (Wildman–Crippen MR) is 333 cm³/mol. The van der Waals surface area contributed by atoms with Gasteiger partial charge >= 0.3 is 0 Å². The molecular formula is C73H74BN3. The quantitative estimate of drug-likeness (QED) is 0.154. The van der Waals surface area contributed by atoms with Crippen molar-refractivity contribution in [3.8, 4) is 22.3 Å². The van der Waals surface area contributed by atoms with Gasteiger partial charge < -0.3 is 14.7 Å². The highest BCUT2D eigenvalue weighted by Crippen LogP contribution is 2.56. The Morgan fingerprint density at radius 1 is 0.377 bits per heavy atom. The van der Waals surface area contributed by atoms with Crippen LogP contribution in [0.5, 0.6) is 0 Å². The van der Waals surface area contributed by atoms with Crippen LogP contribution < -0.4 is 31.1 Å². The zero-order valence-electron chi connectivity index (χ0n) is 47.9. The van der Waals surface area contributed by atoms with Gasteiger partial charge in [-0.2, -0.15) is 0 Å². The molecule has 77 heavy (non-hydrogen) atoms. The maximum absolute atomic E-state index is 2.68. The smallest absolute Gasteiger partial charge is 0.252 e. The van der Waals surface area contributed by atoms with Gasteiger partial charge in [0.15, 0.2) is 0 Å². The molecule has 0 saturated heterocycles. The summed E-state index contributed by atoms with van der Waals surface area (Å²) in [4.78, 5) is 7.78. The van der Waals surface area contributed by atoms with E-state index in [1.165, 1.54) is 106 Å². The average molecular weight is 1000 g/mol. The van der Waals surface area contributed by atoms with Crippen molar-refractivity contribution in [1.29, 1.82) is 0 Å². The number of para-hydroxylation sites is 1. The number of anilines is 9. The highest BCUT2D eigenvalue weighted by atomic mass is 15.2. The number of nitrogens with zero attached hydrogens (tertiary/aromatic N) is 3. The van der Waals surface area contributed by atoms with E-state index in [1.807, 2.05) is 0 Å². The van der Waals surface area contributed by atoms with Gasteiger partial charge in [0, 0.05) is 56.4 Å². The van der Waals surface area contributed by atoms with Crippen LogP contribution in [-0.4, -0.2) is 6.71 Å². The third-order valence-corrected chi connectivity index (χ3v) is 17.1. The first-order chi connectivity index (χ1) is 36.5. The Hall–Kier alpha value is -7.56. The molecule has 0 atom stereocenters. The van der Waals surface area contributed by atoms with E-state index in [0.717, 1.165) is 17.1 Å². The zero-order chi connectivity index (χ0) is 54.1. The minimum atomic E-state index is -0.187. The molecule has 0 spiro atoms. The van der Waals surface area contributed by atoms with E-state index >= 15 is 0 Å². The fraction of sp³-hybridized carbons (Fsp3) is 0.260. The van der Waals surface area contributed by atoms with Gasteiger partial charge in [0.2, 0.25) is 0 Å². The highest BCUT2D eigenvalue weighted by Gasteiger charge is 2.47. The number of rotatable bonds is 6. The Morgan fingerprint density at radius 2 is 0.922 bits per heavy atom. The van der Waals surface area contributed by atoms with E-state index in [4.69, 9.17) is 0 Å². The van der Waals surface area contributed by atoms with Crippen LogP contribution in [0.15, 0.2) is 194 Å². The maximum Gasteiger partial charge on any atom is 0.252 e. The average Bonchev–Trinajstić information content (AvgIpc) is 3.91. The van der Waals surface area contributed by atoms with E-state index in [9.17, 15) is 0 Å². The summed E-state index contributed by atoms with van der Waals surface area (Å²) in [6, 6.07) is 74.6. The molecule has 2 heterocycles. The molecule has 3 aliphatic rings. The van der Waals surface area contributed by atoms with Crippen molar-refractivity contribution >= 4 is 74.3 Å². The van der Waals surface area contributed by atoms with Crippen LogP contribution in [0.25, 0.3) is 22.3 Å². The summed E-state index contributed by atoms with van der Waals surface area (Å²) in [6.07, 6.45) is 0. The van der Waals surface area contributed by atoms with Gasteiger partial charge in [0.05, 0.1) is 11.4 Å². The second kappa shape index (κ2) is 17.7. The van der Waals surface area contributed by atoms with Crippen LogP contribution in [-0.2, 0) is 27.1 Å². The SMILES string of the molecule is CC(C)(C)c1ccc(N(c2ccc3c(c2)N(c2cccc4c2-c2ccccc2C4(C)C)c2cc(C(C)(C)C)cc4c2B3c2cc(C(C)(C)C)ccc2N4c2ccc(C(C)(C)C)cc2)c2ccccc2-c2ccccc2)cc1. The topological polar surface area (TPSA) is 9.72 Å². The van der Waals surface area contributed by atoms with Crippen molar-refractivity contribution in [2.75, 3.05) is 14.7 Å². The first kappa shape index (κ1) is 50.3. The standard InChI is InChI=1S/C73H74BN3/c1-69(2,3)48-31-36-52(37-32-48)75(61-29-21-19-25-55(61)47-23-16-15-17-24-47)54-40-41-59-64(46-54)77(63-30-22-28-58-67(63)56-26-18-20-27-57(56)73(58,13)14)66-45-51(72(10,11)12)44-65-68(66)74(59)60-43-50(71(7,8)9)35-42-62(60)76(65)53-38-33-49(34-39-53)70(4,5)6/h15-46H,1-14H3. The fourth-order valence-electron chi connectivity index (χ4n) is 12.7. The lowest BCUT2D eigenvalue weighted by atomic mass is 9.33. The monoisotopic (exact) mass is 1000 g/mol. The van der Waals surface area contributed by atoms with E-state index in [1.54, 1.807) is 0 Å². The maximum atomic E-state index is 2.68. The normalized spacial score (nSPS) is 14.4. The van der Waals surface area contributed by atoms with E-state index in [2.05, 4.69) is 306 Å². The highest BCUT2D eigenvalue weighted by molar-refractivity contribution is 7.00. The predicted octanol–water partition coefficient (Wildman–Crippen LogP) is 18.4. The molecule has 3 nitrogen and oxygen atoms in total. The third kappa shape index (κ3) is 8.33. The molecule has 0 radical (unpaired) electrons. The molecule has 9 aromatic rings. The van der Waals surface area contributed by atoms with Crippen molar-refractivity contribution in [1.82, 2.24) is 0 Å². The van der Waals surface area contributed by atoms with Gasteiger partial charge in [-0.15, -0.1) is 0 Å².